The van der Waals surface area contributed by atoms with Crippen LogP contribution in [0.1, 0.15) is 10.4 Å². The van der Waals surface area contributed by atoms with Crippen LogP contribution in [0, 0.1) is 4.91 Å². The Bertz CT molecular complexity index is 530. The molecule has 0 amide bonds. The molecule has 0 aliphatic carbocycles. The van der Waals surface area contributed by atoms with Crippen molar-refractivity contribution in [2.24, 2.45) is 5.18 Å². The average molecular weight is 240 g/mol. The molecule has 0 atom stereocenters. The minimum absolute atomic E-state index is 0.00708. The predicted octanol–water partition coefficient (Wildman–Crippen LogP) is 2.86. The zero-order valence-corrected chi connectivity index (χ0v) is 9.69. The standard InChI is InChI=1S/C14H12N2O2/c17-14(12-6-2-1-3-7-12)11-16-9-5-4-8-13(16)10-15-18/h1-10H,11H2. The van der Waals surface area contributed by atoms with Crippen molar-refractivity contribution in [1.82, 2.24) is 4.90 Å². The molecule has 0 saturated heterocycles. The van der Waals surface area contributed by atoms with Crippen molar-refractivity contribution < 1.29 is 4.79 Å². The van der Waals surface area contributed by atoms with Gasteiger partial charge < -0.3 is 4.90 Å². The summed E-state index contributed by atoms with van der Waals surface area (Å²) in [7, 11) is 0. The van der Waals surface area contributed by atoms with Crippen LogP contribution in [0.5, 0.6) is 0 Å². The van der Waals surface area contributed by atoms with Crippen molar-refractivity contribution in [2.75, 3.05) is 6.54 Å². The molecule has 0 aromatic heterocycles. The second-order valence-corrected chi connectivity index (χ2v) is 3.78. The van der Waals surface area contributed by atoms with Crippen molar-refractivity contribution in [3.05, 3.63) is 77.1 Å². The molecule has 0 fully saturated rings. The summed E-state index contributed by atoms with van der Waals surface area (Å²) in [6.07, 6.45) is 8.27. The molecule has 4 heteroatoms. The third kappa shape index (κ3) is 2.79. The number of hydrogen-bond acceptors (Lipinski definition) is 4. The van der Waals surface area contributed by atoms with Gasteiger partial charge in [-0.3, -0.25) is 4.79 Å². The number of hydrogen-bond donors (Lipinski definition) is 0. The van der Waals surface area contributed by atoms with Crippen LogP contribution < -0.4 is 0 Å². The second kappa shape index (κ2) is 5.72. The SMILES string of the molecule is O=NC=C1C=CC=CN1CC(=O)c1ccccc1. The van der Waals surface area contributed by atoms with E-state index in [0.29, 0.717) is 11.3 Å². The van der Waals surface area contributed by atoms with Crippen LogP contribution in [-0.2, 0) is 0 Å². The summed E-state index contributed by atoms with van der Waals surface area (Å²) >= 11 is 0. The van der Waals surface area contributed by atoms with Gasteiger partial charge in [0.15, 0.2) is 5.78 Å². The van der Waals surface area contributed by atoms with Crippen LogP contribution in [-0.4, -0.2) is 17.2 Å². The number of carbonyl (C=O) groups is 1. The molecule has 1 heterocycles. The Labute approximate surface area is 105 Å². The molecule has 0 spiro atoms. The van der Waals surface area contributed by atoms with Crippen molar-refractivity contribution in [3.8, 4) is 0 Å². The van der Waals surface area contributed by atoms with Gasteiger partial charge in [0.25, 0.3) is 0 Å². The molecule has 1 aromatic rings. The second-order valence-electron chi connectivity index (χ2n) is 3.78. The van der Waals surface area contributed by atoms with Crippen molar-refractivity contribution in [3.63, 3.8) is 0 Å². The summed E-state index contributed by atoms with van der Waals surface area (Å²) in [6.45, 7) is 0.187. The highest BCUT2D eigenvalue weighted by atomic mass is 16.2. The first-order valence-electron chi connectivity index (χ1n) is 5.53. The Morgan fingerprint density at radius 1 is 1.22 bits per heavy atom. The van der Waals surface area contributed by atoms with Gasteiger partial charge in [-0.1, -0.05) is 36.4 Å². The number of benzene rings is 1. The molecule has 1 aromatic carbocycles. The van der Waals surface area contributed by atoms with E-state index in [9.17, 15) is 9.70 Å². The lowest BCUT2D eigenvalue weighted by molar-refractivity contribution is 0.0967. The van der Waals surface area contributed by atoms with E-state index < -0.39 is 0 Å². The van der Waals surface area contributed by atoms with Gasteiger partial charge in [0.1, 0.15) is 0 Å². The Balaban J connectivity index is 2.12. The fraction of sp³-hybridized carbons (Fsp3) is 0.0714. The molecule has 0 bridgehead atoms. The smallest absolute Gasteiger partial charge is 0.182 e. The monoisotopic (exact) mass is 240 g/mol. The van der Waals surface area contributed by atoms with Crippen LogP contribution in [0.25, 0.3) is 0 Å². The Hall–Kier alpha value is -2.49. The lowest BCUT2D eigenvalue weighted by Gasteiger charge is -2.21. The summed E-state index contributed by atoms with van der Waals surface area (Å²) < 4.78 is 0. The van der Waals surface area contributed by atoms with Crippen LogP contribution in [0.2, 0.25) is 0 Å². The van der Waals surface area contributed by atoms with E-state index in [4.69, 9.17) is 0 Å². The van der Waals surface area contributed by atoms with E-state index in [1.807, 2.05) is 18.2 Å². The van der Waals surface area contributed by atoms with Crippen LogP contribution in [0.4, 0.5) is 0 Å². The third-order valence-electron chi connectivity index (χ3n) is 2.57. The average Bonchev–Trinajstić information content (AvgIpc) is 2.42. The summed E-state index contributed by atoms with van der Waals surface area (Å²) in [6, 6.07) is 9.05. The van der Waals surface area contributed by atoms with Gasteiger partial charge in [0.05, 0.1) is 18.4 Å². The summed E-state index contributed by atoms with van der Waals surface area (Å²) in [5.74, 6) is -0.00708. The zero-order valence-electron chi connectivity index (χ0n) is 9.69. The third-order valence-corrected chi connectivity index (χ3v) is 2.57. The van der Waals surface area contributed by atoms with Gasteiger partial charge in [-0.15, -0.1) is 4.91 Å². The molecule has 1 aliphatic heterocycles. The maximum atomic E-state index is 12.0. The van der Waals surface area contributed by atoms with Crippen LogP contribution in [0.3, 0.4) is 0 Å². The van der Waals surface area contributed by atoms with Crippen molar-refractivity contribution >= 4 is 5.78 Å². The topological polar surface area (TPSA) is 49.7 Å². The Morgan fingerprint density at radius 3 is 2.72 bits per heavy atom. The molecule has 0 N–H and O–H groups in total. The molecule has 0 radical (unpaired) electrons. The highest BCUT2D eigenvalue weighted by Gasteiger charge is 2.13. The molecular formula is C14H12N2O2. The minimum Gasteiger partial charge on any atom is -0.339 e. The minimum atomic E-state index is -0.00708. The van der Waals surface area contributed by atoms with Gasteiger partial charge in [-0.05, 0) is 17.3 Å². The number of carbonyl (C=O) groups excluding carboxylic acids is 1. The van der Waals surface area contributed by atoms with Crippen LogP contribution >= 0.6 is 0 Å². The number of nitrogens with zero attached hydrogens (tertiary/aromatic N) is 2. The van der Waals surface area contributed by atoms with Crippen molar-refractivity contribution in [2.45, 2.75) is 0 Å². The van der Waals surface area contributed by atoms with E-state index in [-0.39, 0.29) is 12.3 Å². The molecule has 1 aliphatic rings. The van der Waals surface area contributed by atoms with Gasteiger partial charge >= 0.3 is 0 Å². The van der Waals surface area contributed by atoms with E-state index in [1.165, 1.54) is 6.20 Å². The number of rotatable bonds is 4. The summed E-state index contributed by atoms with van der Waals surface area (Å²) in [5.41, 5.74) is 1.26. The van der Waals surface area contributed by atoms with E-state index in [2.05, 4.69) is 5.18 Å². The molecule has 0 saturated carbocycles. The van der Waals surface area contributed by atoms with Crippen LogP contribution in [0.15, 0.2) is 71.8 Å². The zero-order chi connectivity index (χ0) is 12.8. The maximum absolute atomic E-state index is 12.0. The summed E-state index contributed by atoms with van der Waals surface area (Å²) in [5, 5.41) is 2.74. The molecule has 4 nitrogen and oxygen atoms in total. The van der Waals surface area contributed by atoms with Crippen molar-refractivity contribution in [1.29, 1.82) is 0 Å². The fourth-order valence-corrected chi connectivity index (χ4v) is 1.67. The van der Waals surface area contributed by atoms with E-state index >= 15 is 0 Å². The largest absolute Gasteiger partial charge is 0.339 e. The number of ketones is 1. The first-order chi connectivity index (χ1) is 8.81. The maximum Gasteiger partial charge on any atom is 0.182 e. The normalized spacial score (nSPS) is 16.0. The van der Waals surface area contributed by atoms with Gasteiger partial charge in [-0.2, -0.15) is 0 Å². The number of Topliss-reactive ketones (excluding diaryl/α,β-unsaturated/α-hetero) is 1. The molecule has 0 unspecified atom stereocenters. The van der Waals surface area contributed by atoms with E-state index in [0.717, 1.165) is 0 Å². The number of allylic oxidation sites excluding steroid dienone is 3. The highest BCUT2D eigenvalue weighted by molar-refractivity contribution is 5.97. The fourth-order valence-electron chi connectivity index (χ4n) is 1.67. The Morgan fingerprint density at radius 2 is 2.00 bits per heavy atom. The highest BCUT2D eigenvalue weighted by Crippen LogP contribution is 2.13. The molecule has 90 valence electrons. The predicted molar refractivity (Wildman–Crippen MR) is 69.6 cm³/mol. The van der Waals surface area contributed by atoms with Gasteiger partial charge in [0, 0.05) is 11.8 Å². The lowest BCUT2D eigenvalue weighted by Crippen LogP contribution is -2.24. The van der Waals surface area contributed by atoms with Gasteiger partial charge in [-0.25, -0.2) is 0 Å². The molecular weight excluding hydrogens is 228 g/mol. The van der Waals surface area contributed by atoms with Gasteiger partial charge in [0.2, 0.25) is 0 Å². The van der Waals surface area contributed by atoms with E-state index in [1.54, 1.807) is 41.5 Å². The lowest BCUT2D eigenvalue weighted by atomic mass is 10.1. The first-order valence-corrected chi connectivity index (χ1v) is 5.53. The Kier molecular flexibility index (Phi) is 3.81. The quantitative estimate of drug-likeness (QED) is 0.600. The summed E-state index contributed by atoms with van der Waals surface area (Å²) in [4.78, 5) is 24.0. The number of nitroso groups, excluding NO2 is 1. The first kappa shape index (κ1) is 12.0. The molecule has 2 rings (SSSR count). The molecule has 18 heavy (non-hydrogen) atoms.